The van der Waals surface area contributed by atoms with Crippen molar-refractivity contribution in [3.63, 3.8) is 0 Å². The van der Waals surface area contributed by atoms with E-state index in [1.54, 1.807) is 6.92 Å². The molecular formula is C13H18N2O3. The SMILES string of the molecule is COC(=O)C(C)NC(=O)Nc1ccc(C)cc1C. The van der Waals surface area contributed by atoms with E-state index in [0.717, 1.165) is 16.8 Å². The molecule has 0 bridgehead atoms. The van der Waals surface area contributed by atoms with Gasteiger partial charge < -0.3 is 15.4 Å². The van der Waals surface area contributed by atoms with Crippen LogP contribution in [-0.4, -0.2) is 25.2 Å². The van der Waals surface area contributed by atoms with Crippen LogP contribution in [0.25, 0.3) is 0 Å². The largest absolute Gasteiger partial charge is 0.467 e. The molecule has 0 saturated heterocycles. The van der Waals surface area contributed by atoms with Crippen LogP contribution >= 0.6 is 0 Å². The molecule has 0 spiro atoms. The van der Waals surface area contributed by atoms with Crippen molar-refractivity contribution < 1.29 is 14.3 Å². The number of carbonyl (C=O) groups is 2. The Kier molecular flexibility index (Phi) is 4.71. The Bertz CT molecular complexity index is 458. The van der Waals surface area contributed by atoms with Gasteiger partial charge >= 0.3 is 12.0 Å². The second-order valence-corrected chi connectivity index (χ2v) is 4.16. The van der Waals surface area contributed by atoms with Gasteiger partial charge in [0.05, 0.1) is 7.11 Å². The summed E-state index contributed by atoms with van der Waals surface area (Å²) in [6.07, 6.45) is 0. The van der Waals surface area contributed by atoms with Crippen molar-refractivity contribution in [2.24, 2.45) is 0 Å². The lowest BCUT2D eigenvalue weighted by atomic mass is 10.1. The third kappa shape index (κ3) is 3.76. The second-order valence-electron chi connectivity index (χ2n) is 4.16. The smallest absolute Gasteiger partial charge is 0.328 e. The molecule has 98 valence electrons. The highest BCUT2D eigenvalue weighted by atomic mass is 16.5. The van der Waals surface area contributed by atoms with Gasteiger partial charge in [-0.1, -0.05) is 17.7 Å². The number of rotatable bonds is 3. The van der Waals surface area contributed by atoms with Gasteiger partial charge in [-0.25, -0.2) is 9.59 Å². The quantitative estimate of drug-likeness (QED) is 0.806. The van der Waals surface area contributed by atoms with E-state index in [2.05, 4.69) is 15.4 Å². The molecule has 0 aliphatic carbocycles. The predicted molar refractivity (Wildman–Crippen MR) is 69.5 cm³/mol. The Balaban J connectivity index is 2.62. The molecule has 0 aliphatic heterocycles. The van der Waals surface area contributed by atoms with Crippen LogP contribution in [0.3, 0.4) is 0 Å². The Labute approximate surface area is 107 Å². The molecule has 18 heavy (non-hydrogen) atoms. The van der Waals surface area contributed by atoms with Crippen molar-refractivity contribution in [2.45, 2.75) is 26.8 Å². The Morgan fingerprint density at radius 1 is 1.28 bits per heavy atom. The van der Waals surface area contributed by atoms with E-state index in [4.69, 9.17) is 0 Å². The van der Waals surface area contributed by atoms with Crippen LogP contribution in [0.4, 0.5) is 10.5 Å². The zero-order valence-electron chi connectivity index (χ0n) is 11.0. The minimum Gasteiger partial charge on any atom is -0.467 e. The molecule has 5 nitrogen and oxygen atoms in total. The molecule has 5 heteroatoms. The number of amides is 2. The maximum Gasteiger partial charge on any atom is 0.328 e. The van der Waals surface area contributed by atoms with Crippen LogP contribution in [0.15, 0.2) is 18.2 Å². The fourth-order valence-electron chi connectivity index (χ4n) is 1.54. The van der Waals surface area contributed by atoms with Gasteiger partial charge in [-0.3, -0.25) is 0 Å². The fraction of sp³-hybridized carbons (Fsp3) is 0.385. The highest BCUT2D eigenvalue weighted by molar-refractivity contribution is 5.93. The molecule has 1 atom stereocenters. The van der Waals surface area contributed by atoms with Crippen molar-refractivity contribution >= 4 is 17.7 Å². The number of methoxy groups -OCH3 is 1. The minimum atomic E-state index is -0.680. The lowest BCUT2D eigenvalue weighted by molar-refractivity contribution is -0.142. The molecule has 1 unspecified atom stereocenters. The van der Waals surface area contributed by atoms with Crippen molar-refractivity contribution in [3.05, 3.63) is 29.3 Å². The first-order valence-electron chi connectivity index (χ1n) is 5.66. The average Bonchev–Trinajstić information content (AvgIpc) is 2.31. The van der Waals surface area contributed by atoms with Gasteiger partial charge in [0.25, 0.3) is 0 Å². The third-order valence-corrected chi connectivity index (χ3v) is 2.53. The minimum absolute atomic E-state index is 0.431. The summed E-state index contributed by atoms with van der Waals surface area (Å²) in [6.45, 7) is 5.45. The summed E-state index contributed by atoms with van der Waals surface area (Å²) in [5.41, 5.74) is 2.81. The van der Waals surface area contributed by atoms with Crippen molar-refractivity contribution in [2.75, 3.05) is 12.4 Å². The first-order valence-corrected chi connectivity index (χ1v) is 5.66. The number of benzene rings is 1. The molecule has 0 heterocycles. The predicted octanol–water partition coefficient (Wildman–Crippen LogP) is 1.99. The normalized spacial score (nSPS) is 11.6. The lowest BCUT2D eigenvalue weighted by Crippen LogP contribution is -2.41. The first-order chi connectivity index (χ1) is 8.43. The molecular weight excluding hydrogens is 232 g/mol. The molecule has 0 radical (unpaired) electrons. The van der Waals surface area contributed by atoms with Gasteiger partial charge in [-0.15, -0.1) is 0 Å². The van der Waals surface area contributed by atoms with Gasteiger partial charge in [0.15, 0.2) is 0 Å². The number of hydrogen-bond donors (Lipinski definition) is 2. The lowest BCUT2D eigenvalue weighted by Gasteiger charge is -2.14. The standard InChI is InChI=1S/C13H18N2O3/c1-8-5-6-11(9(2)7-8)15-13(17)14-10(3)12(16)18-4/h5-7,10H,1-4H3,(H2,14,15,17). The Morgan fingerprint density at radius 2 is 1.94 bits per heavy atom. The zero-order chi connectivity index (χ0) is 13.7. The number of esters is 1. The van der Waals surface area contributed by atoms with Crippen molar-refractivity contribution in [1.82, 2.24) is 5.32 Å². The summed E-state index contributed by atoms with van der Waals surface area (Å²) < 4.78 is 4.52. The molecule has 0 fully saturated rings. The monoisotopic (exact) mass is 250 g/mol. The molecule has 1 aromatic rings. The number of ether oxygens (including phenoxy) is 1. The molecule has 1 rings (SSSR count). The average molecular weight is 250 g/mol. The number of hydrogen-bond acceptors (Lipinski definition) is 3. The van der Waals surface area contributed by atoms with Crippen LogP contribution in [0.2, 0.25) is 0 Å². The maximum absolute atomic E-state index is 11.7. The van der Waals surface area contributed by atoms with Gasteiger partial charge in [-0.2, -0.15) is 0 Å². The molecule has 1 aromatic carbocycles. The molecule has 0 aromatic heterocycles. The van der Waals surface area contributed by atoms with E-state index in [0.29, 0.717) is 0 Å². The number of nitrogens with one attached hydrogen (secondary N) is 2. The van der Waals surface area contributed by atoms with E-state index >= 15 is 0 Å². The molecule has 2 amide bonds. The van der Waals surface area contributed by atoms with Gasteiger partial charge in [0, 0.05) is 5.69 Å². The van der Waals surface area contributed by atoms with Gasteiger partial charge in [0.1, 0.15) is 6.04 Å². The topological polar surface area (TPSA) is 67.4 Å². The van der Waals surface area contributed by atoms with E-state index in [1.807, 2.05) is 32.0 Å². The van der Waals surface area contributed by atoms with Crippen LogP contribution < -0.4 is 10.6 Å². The summed E-state index contributed by atoms with van der Waals surface area (Å²) in [7, 11) is 1.28. The Hall–Kier alpha value is -2.04. The number of aryl methyl sites for hydroxylation is 2. The first kappa shape index (κ1) is 14.0. The summed E-state index contributed by atoms with van der Waals surface area (Å²) in [4.78, 5) is 22.8. The van der Waals surface area contributed by atoms with Crippen LogP contribution in [0, 0.1) is 13.8 Å². The second kappa shape index (κ2) is 6.05. The number of urea groups is 1. The molecule has 2 N–H and O–H groups in total. The van der Waals surface area contributed by atoms with Crippen LogP contribution in [-0.2, 0) is 9.53 Å². The summed E-state index contributed by atoms with van der Waals surface area (Å²) >= 11 is 0. The fourth-order valence-corrected chi connectivity index (χ4v) is 1.54. The molecule has 0 aliphatic rings. The van der Waals surface area contributed by atoms with Crippen LogP contribution in [0.1, 0.15) is 18.1 Å². The number of anilines is 1. The van der Waals surface area contributed by atoms with E-state index < -0.39 is 18.0 Å². The third-order valence-electron chi connectivity index (χ3n) is 2.53. The molecule has 0 saturated carbocycles. The van der Waals surface area contributed by atoms with E-state index in [9.17, 15) is 9.59 Å². The number of carbonyl (C=O) groups excluding carboxylic acids is 2. The van der Waals surface area contributed by atoms with Gasteiger partial charge in [-0.05, 0) is 32.4 Å². The van der Waals surface area contributed by atoms with Crippen molar-refractivity contribution in [1.29, 1.82) is 0 Å². The Morgan fingerprint density at radius 3 is 2.50 bits per heavy atom. The highest BCUT2D eigenvalue weighted by Gasteiger charge is 2.15. The van der Waals surface area contributed by atoms with E-state index in [-0.39, 0.29) is 0 Å². The summed E-state index contributed by atoms with van der Waals surface area (Å²) in [6, 6.07) is 4.60. The summed E-state index contributed by atoms with van der Waals surface area (Å²) in [5, 5.41) is 5.19. The zero-order valence-corrected chi connectivity index (χ0v) is 11.0. The van der Waals surface area contributed by atoms with E-state index in [1.165, 1.54) is 7.11 Å². The summed E-state index contributed by atoms with van der Waals surface area (Å²) in [5.74, 6) is -0.481. The van der Waals surface area contributed by atoms with Crippen molar-refractivity contribution in [3.8, 4) is 0 Å². The van der Waals surface area contributed by atoms with Crippen LogP contribution in [0.5, 0.6) is 0 Å². The maximum atomic E-state index is 11.7. The van der Waals surface area contributed by atoms with Gasteiger partial charge in [0.2, 0.25) is 0 Å². The highest BCUT2D eigenvalue weighted by Crippen LogP contribution is 2.15.